The van der Waals surface area contributed by atoms with Crippen LogP contribution in [0.5, 0.6) is 5.75 Å². The lowest BCUT2D eigenvalue weighted by Crippen LogP contribution is -2.31. The van der Waals surface area contributed by atoms with E-state index in [4.69, 9.17) is 4.74 Å². The van der Waals surface area contributed by atoms with Crippen molar-refractivity contribution in [2.45, 2.75) is 45.2 Å². The molecule has 1 aromatic carbocycles. The summed E-state index contributed by atoms with van der Waals surface area (Å²) < 4.78 is 5.33. The summed E-state index contributed by atoms with van der Waals surface area (Å²) in [6.45, 7) is 4.08. The second kappa shape index (κ2) is 9.73. The molecule has 0 amide bonds. The van der Waals surface area contributed by atoms with Crippen LogP contribution in [0.1, 0.15) is 36.8 Å². The van der Waals surface area contributed by atoms with Gasteiger partial charge in [0, 0.05) is 32.9 Å². The Morgan fingerprint density at radius 3 is 2.61 bits per heavy atom. The molecule has 6 nitrogen and oxygen atoms in total. The van der Waals surface area contributed by atoms with Crippen molar-refractivity contribution < 1.29 is 4.74 Å². The average molecular weight is 384 g/mol. The van der Waals surface area contributed by atoms with Crippen LogP contribution in [-0.4, -0.2) is 43.8 Å². The number of ether oxygens (including phenoxy) is 1. The molecular formula is C22H33N5O. The van der Waals surface area contributed by atoms with Gasteiger partial charge in [-0.25, -0.2) is 4.98 Å². The standard InChI is InChI=1S/C22H33N5O/c1-16-13-18(7-10-20(16)28-4)15-23-14-17-5-8-19(9-6-17)25-22-24-12-11-21(26-22)27(2)3/h7,10-13,17,19,23H,5-6,8-9,14-15H2,1-4H3,(H,24,25,26). The second-order valence-electron chi connectivity index (χ2n) is 7.93. The van der Waals surface area contributed by atoms with Crippen LogP contribution in [0.4, 0.5) is 11.8 Å². The molecule has 1 aliphatic carbocycles. The summed E-state index contributed by atoms with van der Waals surface area (Å²) in [5.74, 6) is 3.37. The lowest BCUT2D eigenvalue weighted by atomic mass is 9.86. The third-order valence-electron chi connectivity index (χ3n) is 5.50. The van der Waals surface area contributed by atoms with Crippen LogP contribution in [0.25, 0.3) is 0 Å². The van der Waals surface area contributed by atoms with Gasteiger partial charge < -0.3 is 20.3 Å². The zero-order chi connectivity index (χ0) is 19.9. The van der Waals surface area contributed by atoms with Gasteiger partial charge in [-0.05, 0) is 68.3 Å². The van der Waals surface area contributed by atoms with Gasteiger partial charge in [0.15, 0.2) is 0 Å². The van der Waals surface area contributed by atoms with Crippen molar-refractivity contribution in [3.8, 4) is 5.75 Å². The van der Waals surface area contributed by atoms with Crippen molar-refractivity contribution in [2.24, 2.45) is 5.92 Å². The Labute approximate surface area is 168 Å². The van der Waals surface area contributed by atoms with E-state index in [1.165, 1.54) is 36.8 Å². The largest absolute Gasteiger partial charge is 0.496 e. The van der Waals surface area contributed by atoms with E-state index < -0.39 is 0 Å². The molecule has 3 rings (SSSR count). The number of aromatic nitrogens is 2. The first kappa shape index (κ1) is 20.4. The van der Waals surface area contributed by atoms with Crippen LogP contribution in [0.3, 0.4) is 0 Å². The minimum absolute atomic E-state index is 0.470. The minimum atomic E-state index is 0.470. The third-order valence-corrected chi connectivity index (χ3v) is 5.50. The molecule has 2 aromatic rings. The molecule has 0 spiro atoms. The Hall–Kier alpha value is -2.34. The Morgan fingerprint density at radius 1 is 1.14 bits per heavy atom. The van der Waals surface area contributed by atoms with Crippen molar-refractivity contribution in [3.05, 3.63) is 41.6 Å². The predicted molar refractivity (Wildman–Crippen MR) is 115 cm³/mol. The highest BCUT2D eigenvalue weighted by Crippen LogP contribution is 2.26. The number of nitrogens with zero attached hydrogens (tertiary/aromatic N) is 3. The molecule has 0 bridgehead atoms. The number of hydrogen-bond acceptors (Lipinski definition) is 6. The van der Waals surface area contributed by atoms with Crippen molar-refractivity contribution in [2.75, 3.05) is 38.0 Å². The molecule has 1 saturated carbocycles. The van der Waals surface area contributed by atoms with Crippen molar-refractivity contribution in [1.29, 1.82) is 0 Å². The number of aryl methyl sites for hydroxylation is 1. The summed E-state index contributed by atoms with van der Waals surface area (Å²) in [4.78, 5) is 10.9. The molecule has 0 radical (unpaired) electrons. The fraction of sp³-hybridized carbons (Fsp3) is 0.545. The van der Waals surface area contributed by atoms with E-state index in [2.05, 4.69) is 45.7 Å². The molecule has 1 heterocycles. The maximum atomic E-state index is 5.33. The SMILES string of the molecule is COc1ccc(CNCC2CCC(Nc3nccc(N(C)C)n3)CC2)cc1C. The van der Waals surface area contributed by atoms with E-state index in [0.29, 0.717) is 6.04 Å². The van der Waals surface area contributed by atoms with Crippen LogP contribution < -0.4 is 20.3 Å². The number of benzene rings is 1. The van der Waals surface area contributed by atoms with Crippen LogP contribution in [0.15, 0.2) is 30.5 Å². The number of rotatable bonds is 8. The fourth-order valence-electron chi connectivity index (χ4n) is 3.83. The monoisotopic (exact) mass is 383 g/mol. The second-order valence-corrected chi connectivity index (χ2v) is 7.93. The first-order valence-electron chi connectivity index (χ1n) is 10.2. The quantitative estimate of drug-likeness (QED) is 0.726. The van der Waals surface area contributed by atoms with Crippen LogP contribution in [-0.2, 0) is 6.54 Å². The molecule has 0 unspecified atom stereocenters. The highest BCUT2D eigenvalue weighted by Gasteiger charge is 2.21. The van der Waals surface area contributed by atoms with E-state index in [9.17, 15) is 0 Å². The van der Waals surface area contributed by atoms with Gasteiger partial charge in [0.05, 0.1) is 7.11 Å². The molecule has 6 heteroatoms. The molecule has 1 aromatic heterocycles. The Balaban J connectivity index is 1.39. The van der Waals surface area contributed by atoms with Gasteiger partial charge >= 0.3 is 0 Å². The van der Waals surface area contributed by atoms with Crippen molar-refractivity contribution >= 4 is 11.8 Å². The van der Waals surface area contributed by atoms with Gasteiger partial charge in [0.1, 0.15) is 11.6 Å². The van der Waals surface area contributed by atoms with E-state index in [1.54, 1.807) is 7.11 Å². The summed E-state index contributed by atoms with van der Waals surface area (Å²) >= 11 is 0. The third kappa shape index (κ3) is 5.58. The molecule has 0 saturated heterocycles. The van der Waals surface area contributed by atoms with Crippen LogP contribution in [0, 0.1) is 12.8 Å². The lowest BCUT2D eigenvalue weighted by Gasteiger charge is -2.29. The summed E-state index contributed by atoms with van der Waals surface area (Å²) in [6, 6.07) is 8.79. The number of anilines is 2. The van der Waals surface area contributed by atoms with E-state index in [-0.39, 0.29) is 0 Å². The molecule has 2 N–H and O–H groups in total. The van der Waals surface area contributed by atoms with Crippen molar-refractivity contribution in [3.63, 3.8) is 0 Å². The smallest absolute Gasteiger partial charge is 0.224 e. The number of hydrogen-bond donors (Lipinski definition) is 2. The normalized spacial score (nSPS) is 19.3. The lowest BCUT2D eigenvalue weighted by molar-refractivity contribution is 0.323. The number of methoxy groups -OCH3 is 1. The first-order chi connectivity index (χ1) is 13.5. The Kier molecular flexibility index (Phi) is 7.09. The van der Waals surface area contributed by atoms with Crippen LogP contribution in [0.2, 0.25) is 0 Å². The summed E-state index contributed by atoms with van der Waals surface area (Å²) in [6.07, 6.45) is 6.63. The average Bonchev–Trinajstić information content (AvgIpc) is 2.70. The zero-order valence-corrected chi connectivity index (χ0v) is 17.5. The Morgan fingerprint density at radius 2 is 1.93 bits per heavy atom. The highest BCUT2D eigenvalue weighted by molar-refractivity contribution is 5.41. The molecular weight excluding hydrogens is 350 g/mol. The minimum Gasteiger partial charge on any atom is -0.496 e. The fourth-order valence-corrected chi connectivity index (χ4v) is 3.83. The van der Waals surface area contributed by atoms with Gasteiger partial charge in [-0.3, -0.25) is 0 Å². The molecule has 28 heavy (non-hydrogen) atoms. The Bertz CT molecular complexity index is 756. The van der Waals surface area contributed by atoms with E-state index >= 15 is 0 Å². The molecule has 1 fully saturated rings. The predicted octanol–water partition coefficient (Wildman–Crippen LogP) is 3.62. The topological polar surface area (TPSA) is 62.3 Å². The van der Waals surface area contributed by atoms with Gasteiger partial charge in [0.25, 0.3) is 0 Å². The van der Waals surface area contributed by atoms with Gasteiger partial charge in [-0.15, -0.1) is 0 Å². The molecule has 0 aliphatic heterocycles. The maximum absolute atomic E-state index is 5.33. The summed E-state index contributed by atoms with van der Waals surface area (Å²) in [5.41, 5.74) is 2.50. The molecule has 1 aliphatic rings. The molecule has 0 atom stereocenters. The number of nitrogens with one attached hydrogen (secondary N) is 2. The van der Waals surface area contributed by atoms with Gasteiger partial charge in [-0.1, -0.05) is 12.1 Å². The summed E-state index contributed by atoms with van der Waals surface area (Å²) in [7, 11) is 5.71. The van der Waals surface area contributed by atoms with E-state index in [0.717, 1.165) is 36.5 Å². The zero-order valence-electron chi connectivity index (χ0n) is 17.5. The van der Waals surface area contributed by atoms with Gasteiger partial charge in [0.2, 0.25) is 5.95 Å². The van der Waals surface area contributed by atoms with Crippen LogP contribution >= 0.6 is 0 Å². The first-order valence-corrected chi connectivity index (χ1v) is 10.2. The molecule has 152 valence electrons. The highest BCUT2D eigenvalue weighted by atomic mass is 16.5. The van der Waals surface area contributed by atoms with E-state index in [1.807, 2.05) is 31.3 Å². The van der Waals surface area contributed by atoms with Crippen molar-refractivity contribution in [1.82, 2.24) is 15.3 Å². The van der Waals surface area contributed by atoms with Gasteiger partial charge in [-0.2, -0.15) is 4.98 Å². The maximum Gasteiger partial charge on any atom is 0.224 e. The summed E-state index contributed by atoms with van der Waals surface area (Å²) in [5, 5.41) is 7.14.